The second-order valence-electron chi connectivity index (χ2n) is 7.20. The molecule has 0 aliphatic heterocycles. The van der Waals surface area contributed by atoms with Gasteiger partial charge in [0.05, 0.1) is 18.7 Å². The Morgan fingerprint density at radius 3 is 2.78 bits per heavy atom. The summed E-state index contributed by atoms with van der Waals surface area (Å²) in [6, 6.07) is 17.1. The van der Waals surface area contributed by atoms with Crippen LogP contribution < -0.4 is 14.8 Å². The minimum Gasteiger partial charge on any atom is -0.492 e. The number of hydrogen-bond donors (Lipinski definition) is 1. The largest absolute Gasteiger partial charge is 0.492 e. The number of carbonyl (C=O) groups is 1. The zero-order valence-corrected chi connectivity index (χ0v) is 18.5. The summed E-state index contributed by atoms with van der Waals surface area (Å²) in [6.45, 7) is 3.57. The lowest BCUT2D eigenvalue weighted by Crippen LogP contribution is -2.15. The van der Waals surface area contributed by atoms with Gasteiger partial charge in [0.15, 0.2) is 0 Å². The van der Waals surface area contributed by atoms with Crippen LogP contribution in [0.2, 0.25) is 0 Å². The summed E-state index contributed by atoms with van der Waals surface area (Å²) in [6.07, 6.45) is 3.82. The molecule has 0 bridgehead atoms. The number of anilines is 1. The zero-order valence-electron chi connectivity index (χ0n) is 17.7. The van der Waals surface area contributed by atoms with Crippen molar-refractivity contribution in [2.45, 2.75) is 26.5 Å². The Morgan fingerprint density at radius 1 is 1.09 bits per heavy atom. The predicted octanol–water partition coefficient (Wildman–Crippen LogP) is 4.49. The molecule has 0 spiro atoms. The highest BCUT2D eigenvalue weighted by Gasteiger charge is 2.09. The van der Waals surface area contributed by atoms with E-state index in [4.69, 9.17) is 9.47 Å². The maximum absolute atomic E-state index is 12.5. The van der Waals surface area contributed by atoms with Crippen LogP contribution in [0.5, 0.6) is 11.5 Å². The lowest BCUT2D eigenvalue weighted by atomic mass is 10.2. The molecule has 0 unspecified atom stereocenters. The van der Waals surface area contributed by atoms with E-state index in [1.165, 1.54) is 16.9 Å². The lowest BCUT2D eigenvalue weighted by molar-refractivity contribution is -0.115. The number of nitrogens with zero attached hydrogens (tertiary/aromatic N) is 3. The van der Waals surface area contributed by atoms with Gasteiger partial charge in [-0.2, -0.15) is 5.10 Å². The lowest BCUT2D eigenvalue weighted by Gasteiger charge is -2.09. The maximum atomic E-state index is 12.5. The molecule has 2 heterocycles. The van der Waals surface area contributed by atoms with Crippen LogP contribution in [0.1, 0.15) is 16.3 Å². The van der Waals surface area contributed by atoms with Crippen molar-refractivity contribution >= 4 is 22.9 Å². The monoisotopic (exact) mass is 448 g/mol. The third-order valence-corrected chi connectivity index (χ3v) is 5.46. The Bertz CT molecular complexity index is 1140. The van der Waals surface area contributed by atoms with Crippen LogP contribution in [0.3, 0.4) is 0 Å². The highest BCUT2D eigenvalue weighted by molar-refractivity contribution is 7.09. The Hall–Kier alpha value is -3.65. The first-order chi connectivity index (χ1) is 15.6. The maximum Gasteiger partial charge on any atom is 0.230 e. The summed E-state index contributed by atoms with van der Waals surface area (Å²) in [5, 5.41) is 9.77. The van der Waals surface area contributed by atoms with Crippen LogP contribution in [0, 0.1) is 6.92 Å². The summed E-state index contributed by atoms with van der Waals surface area (Å²) < 4.78 is 13.3. The van der Waals surface area contributed by atoms with Crippen molar-refractivity contribution in [3.63, 3.8) is 0 Å². The van der Waals surface area contributed by atoms with Gasteiger partial charge in [-0.15, -0.1) is 11.3 Å². The minimum absolute atomic E-state index is 0.130. The van der Waals surface area contributed by atoms with E-state index in [-0.39, 0.29) is 12.3 Å². The molecular formula is C24H24N4O3S. The van der Waals surface area contributed by atoms with Crippen molar-refractivity contribution in [1.29, 1.82) is 0 Å². The average molecular weight is 449 g/mol. The molecule has 1 amide bonds. The van der Waals surface area contributed by atoms with E-state index < -0.39 is 0 Å². The van der Waals surface area contributed by atoms with Crippen LogP contribution in [0.15, 0.2) is 72.4 Å². The van der Waals surface area contributed by atoms with Gasteiger partial charge in [0.1, 0.15) is 29.7 Å². The molecule has 164 valence electrons. The summed E-state index contributed by atoms with van der Waals surface area (Å²) in [5.41, 5.74) is 2.60. The molecule has 0 radical (unpaired) electrons. The number of benzene rings is 2. The minimum atomic E-state index is -0.130. The first-order valence-electron chi connectivity index (χ1n) is 10.3. The summed E-state index contributed by atoms with van der Waals surface area (Å²) >= 11 is 1.49. The van der Waals surface area contributed by atoms with Crippen LogP contribution in [-0.4, -0.2) is 27.3 Å². The van der Waals surface area contributed by atoms with E-state index >= 15 is 0 Å². The fourth-order valence-corrected chi connectivity index (χ4v) is 3.70. The van der Waals surface area contributed by atoms with Gasteiger partial charge in [-0.1, -0.05) is 23.8 Å². The molecule has 2 aromatic carbocycles. The molecular weight excluding hydrogens is 424 g/mol. The number of aryl methyl sites for hydroxylation is 1. The third-order valence-electron chi connectivity index (χ3n) is 4.59. The molecule has 4 rings (SSSR count). The topological polar surface area (TPSA) is 78.3 Å². The molecule has 32 heavy (non-hydrogen) atoms. The average Bonchev–Trinajstić information content (AvgIpc) is 3.46. The quantitative estimate of drug-likeness (QED) is 0.387. The molecule has 0 saturated carbocycles. The Labute approximate surface area is 190 Å². The van der Waals surface area contributed by atoms with Gasteiger partial charge in [0.25, 0.3) is 0 Å². The van der Waals surface area contributed by atoms with Gasteiger partial charge in [0.2, 0.25) is 5.91 Å². The van der Waals surface area contributed by atoms with E-state index in [0.717, 1.165) is 16.5 Å². The standard InChI is InChI=1S/C24H24N4O3S/c1-18-6-8-21(9-7-18)31-16-24-27-20(17-32-24)15-23(29)26-19-4-2-5-22(14-19)30-13-12-28-11-3-10-25-28/h2-11,14,17H,12-13,15-16H2,1H3,(H,26,29). The molecule has 0 fully saturated rings. The summed E-state index contributed by atoms with van der Waals surface area (Å²) in [5.74, 6) is 1.37. The highest BCUT2D eigenvalue weighted by atomic mass is 32.1. The molecule has 0 atom stereocenters. The van der Waals surface area contributed by atoms with Crippen LogP contribution >= 0.6 is 11.3 Å². The molecule has 2 aromatic heterocycles. The number of aromatic nitrogens is 3. The molecule has 0 aliphatic rings. The molecule has 0 aliphatic carbocycles. The van der Waals surface area contributed by atoms with Gasteiger partial charge in [-0.05, 0) is 37.3 Å². The normalized spacial score (nSPS) is 10.7. The molecule has 4 aromatic rings. The number of carbonyl (C=O) groups excluding carboxylic acids is 1. The van der Waals surface area contributed by atoms with Crippen molar-refractivity contribution in [2.75, 3.05) is 11.9 Å². The van der Waals surface area contributed by atoms with Crippen LogP contribution in [0.4, 0.5) is 5.69 Å². The second kappa shape index (κ2) is 10.6. The summed E-state index contributed by atoms with van der Waals surface area (Å²) in [7, 11) is 0. The van der Waals surface area contributed by atoms with Gasteiger partial charge >= 0.3 is 0 Å². The van der Waals surface area contributed by atoms with Gasteiger partial charge in [0, 0.05) is 29.5 Å². The van der Waals surface area contributed by atoms with Gasteiger partial charge in [-0.25, -0.2) is 4.98 Å². The van der Waals surface area contributed by atoms with E-state index in [2.05, 4.69) is 15.4 Å². The zero-order chi connectivity index (χ0) is 22.2. The fraction of sp³-hybridized carbons (Fsp3) is 0.208. The van der Waals surface area contributed by atoms with Crippen molar-refractivity contribution in [1.82, 2.24) is 14.8 Å². The molecule has 1 N–H and O–H groups in total. The third kappa shape index (κ3) is 6.42. The first-order valence-corrected chi connectivity index (χ1v) is 11.1. The first kappa shape index (κ1) is 21.6. The van der Waals surface area contributed by atoms with E-state index in [9.17, 15) is 4.79 Å². The van der Waals surface area contributed by atoms with Gasteiger partial charge in [-0.3, -0.25) is 9.48 Å². The Kier molecular flexibility index (Phi) is 7.14. The van der Waals surface area contributed by atoms with E-state index in [1.54, 1.807) is 10.9 Å². The smallest absolute Gasteiger partial charge is 0.230 e. The van der Waals surface area contributed by atoms with Crippen molar-refractivity contribution < 1.29 is 14.3 Å². The second-order valence-corrected chi connectivity index (χ2v) is 8.15. The molecule has 7 nitrogen and oxygen atoms in total. The fourth-order valence-electron chi connectivity index (χ4n) is 3.00. The Morgan fingerprint density at radius 2 is 1.97 bits per heavy atom. The van der Waals surface area contributed by atoms with Crippen LogP contribution in [0.25, 0.3) is 0 Å². The molecule has 0 saturated heterocycles. The Balaban J connectivity index is 1.24. The number of hydrogen-bond acceptors (Lipinski definition) is 6. The number of ether oxygens (including phenoxy) is 2. The van der Waals surface area contributed by atoms with Crippen molar-refractivity contribution in [3.8, 4) is 11.5 Å². The number of nitrogens with one attached hydrogen (secondary N) is 1. The van der Waals surface area contributed by atoms with Gasteiger partial charge < -0.3 is 14.8 Å². The summed E-state index contributed by atoms with van der Waals surface area (Å²) in [4.78, 5) is 17.0. The van der Waals surface area contributed by atoms with E-state index in [0.29, 0.717) is 31.2 Å². The van der Waals surface area contributed by atoms with Crippen molar-refractivity contribution in [2.24, 2.45) is 0 Å². The molecule has 8 heteroatoms. The number of thiazole rings is 1. The highest BCUT2D eigenvalue weighted by Crippen LogP contribution is 2.19. The number of amides is 1. The van der Waals surface area contributed by atoms with E-state index in [1.807, 2.05) is 73.1 Å². The predicted molar refractivity (Wildman–Crippen MR) is 124 cm³/mol. The number of rotatable bonds is 10. The van der Waals surface area contributed by atoms with Crippen molar-refractivity contribution in [3.05, 3.63) is 88.6 Å². The SMILES string of the molecule is Cc1ccc(OCc2nc(CC(=O)Nc3cccc(OCCn4cccn4)c3)cs2)cc1. The van der Waals surface area contributed by atoms with Crippen LogP contribution in [-0.2, 0) is 24.4 Å².